The van der Waals surface area contributed by atoms with Crippen molar-refractivity contribution in [3.05, 3.63) is 58.7 Å². The molecule has 9 unspecified atom stereocenters. The molecule has 1 aliphatic carbocycles. The zero-order chi connectivity index (χ0) is 31.6. The van der Waals surface area contributed by atoms with Crippen LogP contribution in [0.15, 0.2) is 36.4 Å². The van der Waals surface area contributed by atoms with Gasteiger partial charge in [-0.05, 0) is 59.4 Å². The van der Waals surface area contributed by atoms with E-state index in [1.807, 2.05) is 24.3 Å². The van der Waals surface area contributed by atoms with Crippen LogP contribution in [-0.2, 0) is 15.1 Å². The first-order chi connectivity index (χ1) is 21.1. The Bertz CT molecular complexity index is 1450. The van der Waals surface area contributed by atoms with Gasteiger partial charge in [-0.3, -0.25) is 0 Å². The van der Waals surface area contributed by atoms with Gasteiger partial charge in [0, 0.05) is 17.5 Å². The van der Waals surface area contributed by atoms with Crippen LogP contribution in [0.2, 0.25) is 0 Å². The van der Waals surface area contributed by atoms with E-state index in [-0.39, 0.29) is 13.0 Å². The number of aliphatic hydroxyl groups is 8. The maximum Gasteiger partial charge on any atom is 0.147 e. The summed E-state index contributed by atoms with van der Waals surface area (Å²) in [4.78, 5) is 0. The van der Waals surface area contributed by atoms with Gasteiger partial charge in [0.15, 0.2) is 0 Å². The van der Waals surface area contributed by atoms with Crippen LogP contribution in [0.3, 0.4) is 0 Å². The molecule has 236 valence electrons. The van der Waals surface area contributed by atoms with Crippen molar-refractivity contribution in [1.29, 1.82) is 0 Å². The Kier molecular flexibility index (Phi) is 10.1. The average Bonchev–Trinajstić information content (AvgIpc) is 3.27. The summed E-state index contributed by atoms with van der Waals surface area (Å²) in [5.41, 5.74) is 2.85. The highest BCUT2D eigenvalue weighted by atomic mass is 16.5. The summed E-state index contributed by atoms with van der Waals surface area (Å²) < 4.78 is 11.2. The fourth-order valence-electron chi connectivity index (χ4n) is 6.16. The van der Waals surface area contributed by atoms with Gasteiger partial charge in [-0.1, -0.05) is 55.6 Å². The fraction of sp³-hybridized carbons (Fsp3) is 0.529. The highest BCUT2D eigenvalue weighted by Gasteiger charge is 2.43. The van der Waals surface area contributed by atoms with E-state index in [1.165, 1.54) is 0 Å². The maximum absolute atomic E-state index is 12.2. The molecule has 2 aromatic rings. The SMILES string of the molecule is CCCCCC1(O)c2cc(C#CC3OC(CO)CC(O)C3O)ccc2-c2ccc(C#CC3OC(CO)[C@@H](O)C(O)C3O)cc21. The second-order valence-electron chi connectivity index (χ2n) is 11.8. The molecule has 0 radical (unpaired) electrons. The zero-order valence-electron chi connectivity index (χ0n) is 24.5. The molecular formula is C34H40O10. The van der Waals surface area contributed by atoms with E-state index >= 15 is 0 Å². The highest BCUT2D eigenvalue weighted by Crippen LogP contribution is 2.50. The summed E-state index contributed by atoms with van der Waals surface area (Å²) >= 11 is 0. The molecule has 0 spiro atoms. The first-order valence-corrected chi connectivity index (χ1v) is 15.1. The third kappa shape index (κ3) is 6.30. The van der Waals surface area contributed by atoms with E-state index in [2.05, 4.69) is 30.6 Å². The fourth-order valence-corrected chi connectivity index (χ4v) is 6.16. The third-order valence-electron chi connectivity index (χ3n) is 8.72. The molecular weight excluding hydrogens is 568 g/mol. The monoisotopic (exact) mass is 608 g/mol. The number of unbranched alkanes of at least 4 members (excludes halogenated alkanes) is 2. The predicted molar refractivity (Wildman–Crippen MR) is 159 cm³/mol. The second kappa shape index (κ2) is 13.7. The topological polar surface area (TPSA) is 180 Å². The van der Waals surface area contributed by atoms with Gasteiger partial charge >= 0.3 is 0 Å². The van der Waals surface area contributed by atoms with Gasteiger partial charge in [0.05, 0.1) is 25.4 Å². The summed E-state index contributed by atoms with van der Waals surface area (Å²) in [7, 11) is 0. The van der Waals surface area contributed by atoms with Crippen LogP contribution >= 0.6 is 0 Å². The molecule has 0 amide bonds. The Morgan fingerprint density at radius 2 is 1.34 bits per heavy atom. The summed E-state index contributed by atoms with van der Waals surface area (Å²) in [6.45, 7) is 1.25. The number of aliphatic hydroxyl groups excluding tert-OH is 7. The van der Waals surface area contributed by atoms with Crippen LogP contribution in [0.4, 0.5) is 0 Å². The lowest BCUT2D eigenvalue weighted by Crippen LogP contribution is -2.58. The van der Waals surface area contributed by atoms with Gasteiger partial charge in [-0.2, -0.15) is 0 Å². The van der Waals surface area contributed by atoms with E-state index in [9.17, 15) is 40.9 Å². The van der Waals surface area contributed by atoms with Crippen LogP contribution in [0.25, 0.3) is 11.1 Å². The minimum absolute atomic E-state index is 0.118. The Balaban J connectivity index is 1.46. The Morgan fingerprint density at radius 1 is 0.750 bits per heavy atom. The van der Waals surface area contributed by atoms with E-state index in [0.717, 1.165) is 30.4 Å². The van der Waals surface area contributed by atoms with Crippen LogP contribution in [0, 0.1) is 23.7 Å². The first kappa shape index (κ1) is 32.6. The lowest BCUT2D eigenvalue weighted by molar-refractivity contribution is -0.214. The van der Waals surface area contributed by atoms with Crippen molar-refractivity contribution in [2.75, 3.05) is 13.2 Å². The Morgan fingerprint density at radius 3 is 1.89 bits per heavy atom. The quantitative estimate of drug-likeness (QED) is 0.163. The number of hydrogen-bond donors (Lipinski definition) is 8. The molecule has 10 nitrogen and oxygen atoms in total. The smallest absolute Gasteiger partial charge is 0.147 e. The standard InChI is InChI=1S/C34H40O10/c1-2-3-4-13-34(42)24-14-19(7-11-27-30(38)26(37)16-21(17-35)43-27)5-9-22(24)23-10-6-20(15-25(23)34)8-12-28-31(39)33(41)32(40)29(18-36)44-28/h5-6,9-10,14-15,21,26-33,35-42H,2-4,13,16-18H2,1H3/t21?,26?,27?,28?,29?,30?,31?,32-,33?,34?/m1/s1. The molecule has 10 atom stereocenters. The number of rotatable bonds is 6. The minimum atomic E-state index is -1.52. The van der Waals surface area contributed by atoms with Crippen molar-refractivity contribution in [3.63, 3.8) is 0 Å². The van der Waals surface area contributed by atoms with Crippen molar-refractivity contribution in [1.82, 2.24) is 0 Å². The molecule has 8 N–H and O–H groups in total. The average molecular weight is 609 g/mol. The van der Waals surface area contributed by atoms with E-state index < -0.39 is 67.1 Å². The molecule has 5 rings (SSSR count). The lowest BCUT2D eigenvalue weighted by atomic mass is 9.85. The maximum atomic E-state index is 12.2. The van der Waals surface area contributed by atoms with Crippen LogP contribution in [-0.4, -0.2) is 109 Å². The molecule has 2 heterocycles. The third-order valence-corrected chi connectivity index (χ3v) is 8.72. The largest absolute Gasteiger partial charge is 0.394 e. The molecule has 2 fully saturated rings. The van der Waals surface area contributed by atoms with E-state index in [4.69, 9.17) is 9.47 Å². The molecule has 0 bridgehead atoms. The minimum Gasteiger partial charge on any atom is -0.394 e. The molecule has 0 saturated carbocycles. The molecule has 2 aliphatic heterocycles. The molecule has 2 saturated heterocycles. The van der Waals surface area contributed by atoms with Crippen LogP contribution < -0.4 is 0 Å². The van der Waals surface area contributed by atoms with Gasteiger partial charge < -0.3 is 50.3 Å². The predicted octanol–water partition coefficient (Wildman–Crippen LogP) is -0.0998. The van der Waals surface area contributed by atoms with Crippen molar-refractivity contribution in [2.24, 2.45) is 0 Å². The van der Waals surface area contributed by atoms with Crippen molar-refractivity contribution in [2.45, 2.75) is 99.6 Å². The Hall–Kier alpha value is -2.84. The molecule has 44 heavy (non-hydrogen) atoms. The van der Waals surface area contributed by atoms with Crippen molar-refractivity contribution in [3.8, 4) is 34.8 Å². The summed E-state index contributed by atoms with van der Waals surface area (Å²) in [6, 6.07) is 11.0. The number of fused-ring (bicyclic) bond motifs is 3. The summed E-state index contributed by atoms with van der Waals surface area (Å²) in [6.07, 6.45) is -7.29. The van der Waals surface area contributed by atoms with E-state index in [0.29, 0.717) is 28.7 Å². The number of benzene rings is 2. The van der Waals surface area contributed by atoms with Gasteiger partial charge in [-0.15, -0.1) is 0 Å². The zero-order valence-corrected chi connectivity index (χ0v) is 24.5. The summed E-state index contributed by atoms with van der Waals surface area (Å²) in [5, 5.41) is 82.2. The molecule has 10 heteroatoms. The van der Waals surface area contributed by atoms with Gasteiger partial charge in [-0.25, -0.2) is 0 Å². The molecule has 3 aliphatic rings. The van der Waals surface area contributed by atoms with E-state index in [1.54, 1.807) is 12.1 Å². The van der Waals surface area contributed by atoms with Gasteiger partial charge in [0.1, 0.15) is 48.3 Å². The molecule has 2 aromatic carbocycles. The number of ether oxygens (including phenoxy) is 2. The van der Waals surface area contributed by atoms with Crippen molar-refractivity contribution < 1.29 is 50.3 Å². The lowest BCUT2D eigenvalue weighted by Gasteiger charge is -2.37. The van der Waals surface area contributed by atoms with Crippen LogP contribution in [0.5, 0.6) is 0 Å². The number of hydrogen-bond acceptors (Lipinski definition) is 10. The van der Waals surface area contributed by atoms with Gasteiger partial charge in [0.2, 0.25) is 0 Å². The van der Waals surface area contributed by atoms with Crippen LogP contribution in [0.1, 0.15) is 61.3 Å². The van der Waals surface area contributed by atoms with Gasteiger partial charge in [0.25, 0.3) is 0 Å². The highest BCUT2D eigenvalue weighted by molar-refractivity contribution is 5.81. The van der Waals surface area contributed by atoms with Crippen molar-refractivity contribution >= 4 is 0 Å². The first-order valence-electron chi connectivity index (χ1n) is 15.1. The molecule has 0 aromatic heterocycles. The Labute approximate surface area is 256 Å². The normalized spacial score (nSPS) is 34.2. The second-order valence-corrected chi connectivity index (χ2v) is 11.8. The summed E-state index contributed by atoms with van der Waals surface area (Å²) in [5.74, 6) is 11.6.